The van der Waals surface area contributed by atoms with Crippen LogP contribution in [-0.2, 0) is 6.42 Å². The van der Waals surface area contributed by atoms with E-state index in [2.05, 4.69) is 75.5 Å². The second-order valence-electron chi connectivity index (χ2n) is 6.19. The minimum Gasteiger partial charge on any atom is -0.378 e. The van der Waals surface area contributed by atoms with Gasteiger partial charge in [0.05, 0.1) is 0 Å². The summed E-state index contributed by atoms with van der Waals surface area (Å²) in [5.41, 5.74) is 2.53. The van der Waals surface area contributed by atoms with Gasteiger partial charge in [-0.1, -0.05) is 37.2 Å². The van der Waals surface area contributed by atoms with E-state index in [9.17, 15) is 0 Å². The normalized spacial score (nSPS) is 18.5. The van der Waals surface area contributed by atoms with E-state index in [4.69, 9.17) is 0 Å². The van der Waals surface area contributed by atoms with Crippen LogP contribution in [0.4, 0.5) is 5.69 Å². The van der Waals surface area contributed by atoms with E-state index >= 15 is 0 Å². The van der Waals surface area contributed by atoms with Crippen molar-refractivity contribution >= 4 is 29.2 Å². The molecule has 24 heavy (non-hydrogen) atoms. The molecule has 1 atom stereocenters. The molecule has 3 heterocycles. The van der Waals surface area contributed by atoms with Gasteiger partial charge in [0.2, 0.25) is 5.16 Å². The molecule has 7 heteroatoms. The number of anilines is 1. The van der Waals surface area contributed by atoms with Crippen LogP contribution in [0, 0.1) is 0 Å². The van der Waals surface area contributed by atoms with E-state index in [1.807, 2.05) is 11.8 Å². The Bertz CT molecular complexity index is 766. The first-order valence-electron chi connectivity index (χ1n) is 8.23. The highest BCUT2D eigenvalue weighted by molar-refractivity contribution is 8.07. The fraction of sp³-hybridized carbons (Fsp3) is 0.412. The lowest BCUT2D eigenvalue weighted by molar-refractivity contribution is 0.591. The van der Waals surface area contributed by atoms with Gasteiger partial charge in [0.25, 0.3) is 0 Å². The van der Waals surface area contributed by atoms with Crippen LogP contribution < -0.4 is 9.91 Å². The van der Waals surface area contributed by atoms with Crippen LogP contribution in [0.25, 0.3) is 0 Å². The second kappa shape index (κ2) is 6.37. The number of thioether (sulfide) groups is 2. The lowest BCUT2D eigenvalue weighted by atomic mass is 10.2. The predicted molar refractivity (Wildman–Crippen MR) is 102 cm³/mol. The van der Waals surface area contributed by atoms with Crippen molar-refractivity contribution in [1.29, 1.82) is 0 Å². The molecule has 1 aromatic carbocycles. The highest BCUT2D eigenvalue weighted by Crippen LogP contribution is 2.51. The van der Waals surface area contributed by atoms with E-state index < -0.39 is 0 Å². The number of fused-ring (bicyclic) bond motifs is 3. The van der Waals surface area contributed by atoms with Gasteiger partial charge in [0, 0.05) is 31.6 Å². The highest BCUT2D eigenvalue weighted by atomic mass is 32.2. The zero-order chi connectivity index (χ0) is 16.7. The Hall–Kier alpha value is -1.60. The van der Waals surface area contributed by atoms with Crippen molar-refractivity contribution in [1.82, 2.24) is 14.9 Å². The van der Waals surface area contributed by atoms with Gasteiger partial charge < -0.3 is 4.90 Å². The Labute approximate surface area is 151 Å². The van der Waals surface area contributed by atoms with Crippen molar-refractivity contribution in [2.45, 2.75) is 36.7 Å². The SMILES string of the molecule is CCCCc1nnc2n1N1C(=CSC1c1ccc(N(C)C)cc1)S2. The maximum Gasteiger partial charge on any atom is 0.216 e. The highest BCUT2D eigenvalue weighted by Gasteiger charge is 2.39. The maximum absolute atomic E-state index is 4.41. The van der Waals surface area contributed by atoms with E-state index in [1.165, 1.54) is 22.7 Å². The summed E-state index contributed by atoms with van der Waals surface area (Å²) in [6, 6.07) is 8.81. The smallest absolute Gasteiger partial charge is 0.216 e. The monoisotopic (exact) mass is 359 g/mol. The molecule has 0 saturated carbocycles. The molecular formula is C17H21N5S2. The van der Waals surface area contributed by atoms with Crippen molar-refractivity contribution < 1.29 is 0 Å². The molecule has 0 radical (unpaired) electrons. The summed E-state index contributed by atoms with van der Waals surface area (Å²) in [7, 11) is 4.14. The summed E-state index contributed by atoms with van der Waals surface area (Å²) in [4.78, 5) is 2.13. The van der Waals surface area contributed by atoms with Crippen LogP contribution in [0.2, 0.25) is 0 Å². The molecule has 4 rings (SSSR count). The minimum absolute atomic E-state index is 0.251. The second-order valence-corrected chi connectivity index (χ2v) is 8.13. The minimum atomic E-state index is 0.251. The summed E-state index contributed by atoms with van der Waals surface area (Å²) < 4.78 is 2.22. The van der Waals surface area contributed by atoms with E-state index in [0.29, 0.717) is 0 Å². The van der Waals surface area contributed by atoms with Crippen LogP contribution in [0.5, 0.6) is 0 Å². The Kier molecular flexibility index (Phi) is 4.22. The van der Waals surface area contributed by atoms with Crippen LogP contribution in [0.3, 0.4) is 0 Å². The molecule has 1 unspecified atom stereocenters. The largest absolute Gasteiger partial charge is 0.378 e. The van der Waals surface area contributed by atoms with Crippen LogP contribution >= 0.6 is 23.5 Å². The van der Waals surface area contributed by atoms with Gasteiger partial charge >= 0.3 is 0 Å². The molecule has 0 aliphatic carbocycles. The van der Waals surface area contributed by atoms with E-state index in [0.717, 1.165) is 23.8 Å². The molecular weight excluding hydrogens is 338 g/mol. The molecule has 5 nitrogen and oxygen atoms in total. The molecule has 2 aliphatic heterocycles. The fourth-order valence-electron chi connectivity index (χ4n) is 2.94. The number of hydrogen-bond acceptors (Lipinski definition) is 6. The maximum atomic E-state index is 4.41. The quantitative estimate of drug-likeness (QED) is 0.804. The van der Waals surface area contributed by atoms with Crippen molar-refractivity contribution in [3.05, 3.63) is 46.1 Å². The number of nitrogens with zero attached hydrogens (tertiary/aromatic N) is 5. The first-order chi connectivity index (χ1) is 11.7. The molecule has 126 valence electrons. The molecule has 0 saturated heterocycles. The topological polar surface area (TPSA) is 37.2 Å². The number of aryl methyl sites for hydroxylation is 1. The van der Waals surface area contributed by atoms with Gasteiger partial charge in [-0.15, -0.1) is 10.2 Å². The standard InChI is InChI=1S/C17H21N5S2/c1-4-5-6-14-18-19-17-21(14)22-15(24-17)11-23-16(22)12-7-9-13(10-8-12)20(2)3/h7-11,16H,4-6H2,1-3H3. The zero-order valence-electron chi connectivity index (χ0n) is 14.1. The Morgan fingerprint density at radius 3 is 2.67 bits per heavy atom. The third kappa shape index (κ3) is 2.59. The van der Waals surface area contributed by atoms with Gasteiger partial charge in [-0.2, -0.15) is 0 Å². The van der Waals surface area contributed by atoms with Crippen molar-refractivity contribution in [3.8, 4) is 0 Å². The zero-order valence-corrected chi connectivity index (χ0v) is 15.8. The van der Waals surface area contributed by atoms with Gasteiger partial charge in [0.15, 0.2) is 5.82 Å². The van der Waals surface area contributed by atoms with Crippen LogP contribution in [-0.4, -0.2) is 29.0 Å². The first-order valence-corrected chi connectivity index (χ1v) is 9.99. The Balaban J connectivity index is 1.64. The number of unbranched alkanes of at least 4 members (excludes halogenated alkanes) is 1. The van der Waals surface area contributed by atoms with Crippen LogP contribution in [0.1, 0.15) is 36.5 Å². The number of benzene rings is 1. The number of rotatable bonds is 5. The van der Waals surface area contributed by atoms with Crippen molar-refractivity contribution in [2.75, 3.05) is 24.0 Å². The van der Waals surface area contributed by atoms with E-state index in [-0.39, 0.29) is 5.37 Å². The predicted octanol–water partition coefficient (Wildman–Crippen LogP) is 3.97. The van der Waals surface area contributed by atoms with Gasteiger partial charge in [-0.25, -0.2) is 4.68 Å². The van der Waals surface area contributed by atoms with Gasteiger partial charge in [-0.3, -0.25) is 5.01 Å². The van der Waals surface area contributed by atoms with Gasteiger partial charge in [0.1, 0.15) is 10.4 Å². The molecule has 0 N–H and O–H groups in total. The summed E-state index contributed by atoms with van der Waals surface area (Å²) >= 11 is 3.57. The molecule has 0 fully saturated rings. The lowest BCUT2D eigenvalue weighted by Crippen LogP contribution is -2.30. The summed E-state index contributed by atoms with van der Waals surface area (Å²) in [6.07, 6.45) is 3.29. The Morgan fingerprint density at radius 1 is 1.17 bits per heavy atom. The van der Waals surface area contributed by atoms with Crippen LogP contribution in [0.15, 0.2) is 39.9 Å². The summed E-state index contributed by atoms with van der Waals surface area (Å²) in [5.74, 6) is 1.07. The average Bonchev–Trinajstić information content (AvgIpc) is 3.24. The molecule has 2 aliphatic rings. The van der Waals surface area contributed by atoms with Crippen molar-refractivity contribution in [2.24, 2.45) is 0 Å². The van der Waals surface area contributed by atoms with Gasteiger partial charge in [-0.05, 0) is 35.9 Å². The molecule has 0 bridgehead atoms. The lowest BCUT2D eigenvalue weighted by Gasteiger charge is -2.26. The Morgan fingerprint density at radius 2 is 1.96 bits per heavy atom. The third-order valence-electron chi connectivity index (χ3n) is 4.28. The third-order valence-corrected chi connectivity index (χ3v) is 6.47. The van der Waals surface area contributed by atoms with E-state index in [1.54, 1.807) is 11.8 Å². The molecule has 0 spiro atoms. The first kappa shape index (κ1) is 15.9. The molecule has 1 aromatic heterocycles. The summed E-state index contributed by atoms with van der Waals surface area (Å²) in [6.45, 7) is 2.21. The molecule has 0 amide bonds. The number of aromatic nitrogens is 3. The summed E-state index contributed by atoms with van der Waals surface area (Å²) in [5, 5.41) is 15.9. The van der Waals surface area contributed by atoms with Crippen molar-refractivity contribution in [3.63, 3.8) is 0 Å². The fourth-order valence-corrected chi connectivity index (χ4v) is 5.19. The molecule has 2 aromatic rings. The average molecular weight is 360 g/mol. The number of hydrogen-bond donors (Lipinski definition) is 0.